The molecule has 0 aliphatic carbocycles. The fourth-order valence-corrected chi connectivity index (χ4v) is 3.31. The highest BCUT2D eigenvalue weighted by atomic mass is 79.9. The number of Topliss-reactive ketones (excluding diaryl/α,β-unsaturated/α-hetero) is 1. The van der Waals surface area contributed by atoms with Gasteiger partial charge in [-0.3, -0.25) is 25.2 Å². The van der Waals surface area contributed by atoms with Gasteiger partial charge in [-0.2, -0.15) is 0 Å². The van der Waals surface area contributed by atoms with Crippen molar-refractivity contribution in [2.75, 3.05) is 0 Å². The van der Waals surface area contributed by atoms with Crippen LogP contribution in [-0.4, -0.2) is 22.6 Å². The summed E-state index contributed by atoms with van der Waals surface area (Å²) in [4.78, 5) is 40.3. The van der Waals surface area contributed by atoms with Crippen LogP contribution in [0.25, 0.3) is 0 Å². The van der Waals surface area contributed by atoms with Crippen molar-refractivity contribution in [3.63, 3.8) is 0 Å². The number of hydrazine groups is 1. The van der Waals surface area contributed by atoms with E-state index in [0.717, 1.165) is 14.2 Å². The Bertz CT molecular complexity index is 751. The van der Waals surface area contributed by atoms with Crippen LogP contribution >= 0.6 is 27.3 Å². The van der Waals surface area contributed by atoms with Gasteiger partial charge in [0.15, 0.2) is 5.78 Å². The van der Waals surface area contributed by atoms with E-state index < -0.39 is 11.8 Å². The molecule has 3 N–H and O–H groups in total. The molecule has 2 rings (SSSR count). The van der Waals surface area contributed by atoms with Gasteiger partial charge in [-0.1, -0.05) is 0 Å². The van der Waals surface area contributed by atoms with Crippen LogP contribution < -0.4 is 10.9 Å². The number of nitrogens with one attached hydrogen (secondary N) is 3. The summed E-state index contributed by atoms with van der Waals surface area (Å²) in [5.74, 6) is -0.941. The summed E-state index contributed by atoms with van der Waals surface area (Å²) in [7, 11) is 0. The van der Waals surface area contributed by atoms with E-state index in [1.165, 1.54) is 0 Å². The van der Waals surface area contributed by atoms with Crippen molar-refractivity contribution in [1.82, 2.24) is 15.8 Å². The number of aromatic amines is 1. The molecule has 0 spiro atoms. The Balaban J connectivity index is 1.78. The van der Waals surface area contributed by atoms with Gasteiger partial charge >= 0.3 is 0 Å². The summed E-state index contributed by atoms with van der Waals surface area (Å²) in [6, 6.07) is 3.43. The summed E-state index contributed by atoms with van der Waals surface area (Å²) < 4.78 is 0.737. The molecule has 122 valence electrons. The van der Waals surface area contributed by atoms with Gasteiger partial charge in [-0.05, 0) is 41.9 Å². The van der Waals surface area contributed by atoms with E-state index in [2.05, 4.69) is 31.8 Å². The normalized spacial score (nSPS) is 10.4. The minimum atomic E-state index is -0.459. The Labute approximate surface area is 145 Å². The molecule has 0 atom stereocenters. The van der Waals surface area contributed by atoms with Crippen molar-refractivity contribution in [3.05, 3.63) is 43.8 Å². The molecular weight excluding hydrogens is 382 g/mol. The summed E-state index contributed by atoms with van der Waals surface area (Å²) in [5.41, 5.74) is 5.57. The second-order valence-electron chi connectivity index (χ2n) is 4.98. The first-order valence-electron chi connectivity index (χ1n) is 6.90. The molecule has 0 fully saturated rings. The third-order valence-electron chi connectivity index (χ3n) is 3.13. The van der Waals surface area contributed by atoms with E-state index in [9.17, 15) is 14.4 Å². The number of aryl methyl sites for hydroxylation is 2. The zero-order chi connectivity index (χ0) is 17.0. The summed E-state index contributed by atoms with van der Waals surface area (Å²) in [5, 5.41) is 0. The molecule has 23 heavy (non-hydrogen) atoms. The first kappa shape index (κ1) is 17.4. The minimum absolute atomic E-state index is 0.0157. The van der Waals surface area contributed by atoms with E-state index >= 15 is 0 Å². The summed E-state index contributed by atoms with van der Waals surface area (Å²) in [6.45, 7) is 3.83. The second kappa shape index (κ2) is 7.56. The first-order chi connectivity index (χ1) is 10.9. The predicted molar refractivity (Wildman–Crippen MR) is 91.5 cm³/mol. The number of hydrogen-bond acceptors (Lipinski definition) is 4. The number of ketones is 1. The van der Waals surface area contributed by atoms with Crippen molar-refractivity contribution < 1.29 is 14.4 Å². The third kappa shape index (κ3) is 4.77. The molecule has 2 aromatic heterocycles. The number of H-pyrrole nitrogens is 1. The second-order valence-corrected chi connectivity index (χ2v) is 7.36. The molecule has 0 aliphatic rings. The smallest absolute Gasteiger partial charge is 0.286 e. The number of aromatic nitrogens is 1. The fourth-order valence-electron chi connectivity index (χ4n) is 2.02. The molecule has 2 aromatic rings. The van der Waals surface area contributed by atoms with Crippen LogP contribution in [0.3, 0.4) is 0 Å². The molecule has 0 bridgehead atoms. The molecule has 6 nitrogen and oxygen atoms in total. The van der Waals surface area contributed by atoms with Crippen molar-refractivity contribution >= 4 is 44.9 Å². The minimum Gasteiger partial charge on any atom is -0.356 e. The lowest BCUT2D eigenvalue weighted by Gasteiger charge is -2.06. The van der Waals surface area contributed by atoms with Crippen LogP contribution in [0.1, 0.15) is 43.4 Å². The van der Waals surface area contributed by atoms with Gasteiger partial charge in [-0.15, -0.1) is 11.3 Å². The zero-order valence-corrected chi connectivity index (χ0v) is 15.1. The molecule has 0 saturated carbocycles. The maximum atomic E-state index is 12.1. The third-order valence-corrected chi connectivity index (χ3v) is 4.55. The predicted octanol–water partition coefficient (Wildman–Crippen LogP) is 2.88. The molecule has 8 heteroatoms. The Morgan fingerprint density at radius 1 is 1.17 bits per heavy atom. The molecule has 0 aromatic carbocycles. The van der Waals surface area contributed by atoms with Crippen LogP contribution in [0.15, 0.2) is 22.8 Å². The van der Waals surface area contributed by atoms with Gasteiger partial charge in [-0.25, -0.2) is 0 Å². The van der Waals surface area contributed by atoms with E-state index in [-0.39, 0.29) is 18.6 Å². The number of thiophene rings is 1. The maximum Gasteiger partial charge on any atom is 0.286 e. The lowest BCUT2D eigenvalue weighted by atomic mass is 10.1. The lowest BCUT2D eigenvalue weighted by Crippen LogP contribution is -2.41. The van der Waals surface area contributed by atoms with Crippen molar-refractivity contribution in [3.8, 4) is 0 Å². The Morgan fingerprint density at radius 3 is 2.48 bits per heavy atom. The number of hydrogen-bond donors (Lipinski definition) is 3. The van der Waals surface area contributed by atoms with E-state index in [0.29, 0.717) is 11.3 Å². The summed E-state index contributed by atoms with van der Waals surface area (Å²) >= 11 is 4.78. The molecule has 2 heterocycles. The molecule has 2 amide bonds. The largest absolute Gasteiger partial charge is 0.356 e. The molecule has 0 unspecified atom stereocenters. The Hall–Kier alpha value is -1.93. The van der Waals surface area contributed by atoms with Crippen molar-refractivity contribution in [1.29, 1.82) is 0 Å². The van der Waals surface area contributed by atoms with Gasteiger partial charge in [0.2, 0.25) is 5.91 Å². The number of amides is 2. The molecular formula is C15H16BrN3O3S. The van der Waals surface area contributed by atoms with Crippen LogP contribution in [0.2, 0.25) is 0 Å². The highest BCUT2D eigenvalue weighted by Gasteiger charge is 2.14. The van der Waals surface area contributed by atoms with E-state index in [4.69, 9.17) is 0 Å². The van der Waals surface area contributed by atoms with Crippen LogP contribution in [0.5, 0.6) is 0 Å². The van der Waals surface area contributed by atoms with Gasteiger partial charge < -0.3 is 4.98 Å². The van der Waals surface area contributed by atoms with Gasteiger partial charge in [0.05, 0.1) is 0 Å². The highest BCUT2D eigenvalue weighted by molar-refractivity contribution is 9.10. The van der Waals surface area contributed by atoms with Crippen LogP contribution in [0, 0.1) is 13.8 Å². The number of rotatable bonds is 5. The SMILES string of the molecule is Cc1cc(C(=O)CCC(=O)NNC(=O)c2cc(Br)c[nH]2)c(C)s1. The highest BCUT2D eigenvalue weighted by Crippen LogP contribution is 2.22. The Kier molecular flexibility index (Phi) is 5.73. The lowest BCUT2D eigenvalue weighted by molar-refractivity contribution is -0.121. The zero-order valence-electron chi connectivity index (χ0n) is 12.7. The molecule has 0 saturated heterocycles. The van der Waals surface area contributed by atoms with Gasteiger partial charge in [0, 0.05) is 38.8 Å². The van der Waals surface area contributed by atoms with Crippen LogP contribution in [0.4, 0.5) is 0 Å². The number of carbonyl (C=O) groups excluding carboxylic acids is 3. The Morgan fingerprint density at radius 2 is 1.91 bits per heavy atom. The monoisotopic (exact) mass is 397 g/mol. The average molecular weight is 398 g/mol. The average Bonchev–Trinajstić information content (AvgIpc) is 3.07. The van der Waals surface area contributed by atoms with E-state index in [1.807, 2.05) is 19.9 Å². The number of halogens is 1. The maximum absolute atomic E-state index is 12.1. The fraction of sp³-hybridized carbons (Fsp3) is 0.267. The topological polar surface area (TPSA) is 91.1 Å². The van der Waals surface area contributed by atoms with Crippen LogP contribution in [-0.2, 0) is 4.79 Å². The molecule has 0 radical (unpaired) electrons. The van der Waals surface area contributed by atoms with E-state index in [1.54, 1.807) is 23.6 Å². The van der Waals surface area contributed by atoms with Crippen molar-refractivity contribution in [2.24, 2.45) is 0 Å². The first-order valence-corrected chi connectivity index (χ1v) is 8.51. The van der Waals surface area contributed by atoms with Gasteiger partial charge in [0.1, 0.15) is 5.69 Å². The standard InChI is InChI=1S/C15H16BrN3O3S/c1-8-5-11(9(2)23-8)13(20)3-4-14(21)18-19-15(22)12-6-10(16)7-17-12/h5-7,17H,3-4H2,1-2H3,(H,18,21)(H,19,22). The quantitative estimate of drug-likeness (QED) is 0.534. The van der Waals surface area contributed by atoms with Gasteiger partial charge in [0.25, 0.3) is 5.91 Å². The number of carbonyl (C=O) groups is 3. The molecule has 0 aliphatic heterocycles. The van der Waals surface area contributed by atoms with Crippen molar-refractivity contribution in [2.45, 2.75) is 26.7 Å². The summed E-state index contributed by atoms with van der Waals surface area (Å²) in [6.07, 6.45) is 1.73.